The van der Waals surface area contributed by atoms with Crippen LogP contribution in [0.25, 0.3) is 0 Å². The molecule has 0 fully saturated rings. The Morgan fingerprint density at radius 3 is 2.53 bits per heavy atom. The third-order valence-electron chi connectivity index (χ3n) is 2.97. The van der Waals surface area contributed by atoms with Crippen molar-refractivity contribution in [2.75, 3.05) is 7.11 Å². The summed E-state index contributed by atoms with van der Waals surface area (Å²) in [5, 5.41) is 0. The van der Waals surface area contributed by atoms with Gasteiger partial charge in [0.05, 0.1) is 7.11 Å². The predicted molar refractivity (Wildman–Crippen MR) is 90.5 cm³/mol. The predicted octanol–water partition coefficient (Wildman–Crippen LogP) is 4.30. The topological polar surface area (TPSA) is 35.2 Å². The number of halogens is 2. The minimum Gasteiger partial charge on any atom is -0.497 e. The third kappa shape index (κ3) is 3.94. The number of rotatable bonds is 4. The fourth-order valence-corrected chi connectivity index (χ4v) is 2.82. The van der Waals surface area contributed by atoms with Crippen molar-refractivity contribution in [1.29, 1.82) is 0 Å². The molecule has 0 aliphatic rings. The van der Waals surface area contributed by atoms with E-state index in [0.717, 1.165) is 22.2 Å². The van der Waals surface area contributed by atoms with Crippen molar-refractivity contribution in [3.63, 3.8) is 0 Å². The van der Waals surface area contributed by atoms with Gasteiger partial charge in [0.2, 0.25) is 0 Å². The van der Waals surface area contributed by atoms with E-state index in [9.17, 15) is 0 Å². The molecule has 2 aromatic carbocycles. The highest BCUT2D eigenvalue weighted by Gasteiger charge is 2.12. The van der Waals surface area contributed by atoms with Gasteiger partial charge in [0.25, 0.3) is 0 Å². The molecule has 0 spiro atoms. The van der Waals surface area contributed by atoms with Gasteiger partial charge in [0.1, 0.15) is 5.75 Å². The summed E-state index contributed by atoms with van der Waals surface area (Å²) in [5.41, 5.74) is 8.61. The SMILES string of the molecule is COc1ccc(Br)c(C(N)Cc2ccc(I)cc2)c1. The molecule has 2 aromatic rings. The van der Waals surface area contributed by atoms with E-state index < -0.39 is 0 Å². The van der Waals surface area contributed by atoms with E-state index in [2.05, 4.69) is 62.8 Å². The third-order valence-corrected chi connectivity index (χ3v) is 4.41. The number of nitrogens with two attached hydrogens (primary N) is 1. The molecule has 1 unspecified atom stereocenters. The maximum atomic E-state index is 6.30. The Morgan fingerprint density at radius 1 is 1.21 bits per heavy atom. The molecular weight excluding hydrogens is 417 g/mol. The number of hydrogen-bond acceptors (Lipinski definition) is 2. The van der Waals surface area contributed by atoms with Gasteiger partial charge in [-0.2, -0.15) is 0 Å². The Kier molecular flexibility index (Phi) is 5.24. The standard InChI is InChI=1S/C15H15BrINO/c1-19-12-6-7-14(16)13(9-12)15(18)8-10-2-4-11(17)5-3-10/h2-7,9,15H,8,18H2,1H3. The van der Waals surface area contributed by atoms with Crippen LogP contribution in [0.2, 0.25) is 0 Å². The lowest BCUT2D eigenvalue weighted by molar-refractivity contribution is 0.413. The first-order valence-electron chi connectivity index (χ1n) is 5.93. The van der Waals surface area contributed by atoms with Crippen molar-refractivity contribution in [2.24, 2.45) is 5.73 Å². The molecule has 0 aliphatic carbocycles. The largest absolute Gasteiger partial charge is 0.497 e. The molecule has 0 aliphatic heterocycles. The minimum absolute atomic E-state index is 0.0514. The van der Waals surface area contributed by atoms with Crippen LogP contribution in [-0.4, -0.2) is 7.11 Å². The van der Waals surface area contributed by atoms with Crippen LogP contribution < -0.4 is 10.5 Å². The average molecular weight is 432 g/mol. The van der Waals surface area contributed by atoms with Crippen LogP contribution in [0.1, 0.15) is 17.2 Å². The maximum absolute atomic E-state index is 6.30. The molecule has 0 radical (unpaired) electrons. The maximum Gasteiger partial charge on any atom is 0.119 e. The molecule has 2 nitrogen and oxygen atoms in total. The van der Waals surface area contributed by atoms with Crippen LogP contribution in [0, 0.1) is 3.57 Å². The Morgan fingerprint density at radius 2 is 1.89 bits per heavy atom. The van der Waals surface area contributed by atoms with Crippen molar-refractivity contribution in [2.45, 2.75) is 12.5 Å². The molecule has 2 rings (SSSR count). The van der Waals surface area contributed by atoms with Gasteiger partial charge in [0, 0.05) is 14.1 Å². The van der Waals surface area contributed by atoms with E-state index in [1.54, 1.807) is 7.11 Å². The Hall–Kier alpha value is -0.590. The summed E-state index contributed by atoms with van der Waals surface area (Å²) in [6.45, 7) is 0. The zero-order valence-electron chi connectivity index (χ0n) is 10.6. The molecule has 0 saturated carbocycles. The number of ether oxygens (including phenoxy) is 1. The van der Waals surface area contributed by atoms with E-state index in [0.29, 0.717) is 0 Å². The van der Waals surface area contributed by atoms with Gasteiger partial charge in [-0.15, -0.1) is 0 Å². The summed E-state index contributed by atoms with van der Waals surface area (Å²) in [6, 6.07) is 14.3. The van der Waals surface area contributed by atoms with Gasteiger partial charge in [0.15, 0.2) is 0 Å². The molecular formula is C15H15BrINO. The molecule has 1 atom stereocenters. The van der Waals surface area contributed by atoms with Gasteiger partial charge in [-0.3, -0.25) is 0 Å². The monoisotopic (exact) mass is 431 g/mol. The highest BCUT2D eigenvalue weighted by atomic mass is 127. The summed E-state index contributed by atoms with van der Waals surface area (Å²) >= 11 is 5.85. The van der Waals surface area contributed by atoms with Crippen molar-refractivity contribution in [3.05, 3.63) is 61.6 Å². The molecule has 0 saturated heterocycles. The Bertz CT molecular complexity index is 557. The van der Waals surface area contributed by atoms with Gasteiger partial charge in [-0.25, -0.2) is 0 Å². The fourth-order valence-electron chi connectivity index (χ4n) is 1.92. The Labute approximate surface area is 135 Å². The zero-order valence-corrected chi connectivity index (χ0v) is 14.3. The summed E-state index contributed by atoms with van der Waals surface area (Å²) in [7, 11) is 1.66. The zero-order chi connectivity index (χ0) is 13.8. The van der Waals surface area contributed by atoms with Crippen molar-refractivity contribution in [3.8, 4) is 5.75 Å². The lowest BCUT2D eigenvalue weighted by atomic mass is 9.99. The van der Waals surface area contributed by atoms with E-state index in [-0.39, 0.29) is 6.04 Å². The van der Waals surface area contributed by atoms with Crippen molar-refractivity contribution < 1.29 is 4.74 Å². The quantitative estimate of drug-likeness (QED) is 0.732. The molecule has 0 heterocycles. The molecule has 4 heteroatoms. The summed E-state index contributed by atoms with van der Waals surface area (Å²) in [5.74, 6) is 0.830. The smallest absolute Gasteiger partial charge is 0.119 e. The second-order valence-corrected chi connectivity index (χ2v) is 6.42. The molecule has 0 aromatic heterocycles. The van der Waals surface area contributed by atoms with E-state index >= 15 is 0 Å². The van der Waals surface area contributed by atoms with Crippen molar-refractivity contribution >= 4 is 38.5 Å². The first-order chi connectivity index (χ1) is 9.10. The van der Waals surface area contributed by atoms with Crippen LogP contribution >= 0.6 is 38.5 Å². The number of benzene rings is 2. The van der Waals surface area contributed by atoms with Gasteiger partial charge in [-0.1, -0.05) is 28.1 Å². The number of hydrogen-bond donors (Lipinski definition) is 1. The Balaban J connectivity index is 2.19. The van der Waals surface area contributed by atoms with Crippen LogP contribution in [0.5, 0.6) is 5.75 Å². The fraction of sp³-hybridized carbons (Fsp3) is 0.200. The summed E-state index contributed by atoms with van der Waals surface area (Å²) in [4.78, 5) is 0. The van der Waals surface area contributed by atoms with E-state index in [4.69, 9.17) is 10.5 Å². The van der Waals surface area contributed by atoms with Crippen LogP contribution in [0.4, 0.5) is 0 Å². The van der Waals surface area contributed by atoms with Gasteiger partial charge in [-0.05, 0) is 70.5 Å². The first-order valence-corrected chi connectivity index (χ1v) is 7.81. The van der Waals surface area contributed by atoms with Gasteiger partial charge >= 0.3 is 0 Å². The molecule has 0 amide bonds. The lowest BCUT2D eigenvalue weighted by Gasteiger charge is -2.15. The molecule has 19 heavy (non-hydrogen) atoms. The highest BCUT2D eigenvalue weighted by molar-refractivity contribution is 14.1. The summed E-state index contributed by atoms with van der Waals surface area (Å²) in [6.07, 6.45) is 0.808. The highest BCUT2D eigenvalue weighted by Crippen LogP contribution is 2.28. The normalized spacial score (nSPS) is 12.2. The molecule has 2 N–H and O–H groups in total. The van der Waals surface area contributed by atoms with Crippen LogP contribution in [0.15, 0.2) is 46.9 Å². The van der Waals surface area contributed by atoms with Crippen LogP contribution in [-0.2, 0) is 6.42 Å². The minimum atomic E-state index is -0.0514. The number of methoxy groups -OCH3 is 1. The van der Waals surface area contributed by atoms with Crippen LogP contribution in [0.3, 0.4) is 0 Å². The van der Waals surface area contributed by atoms with Crippen molar-refractivity contribution in [1.82, 2.24) is 0 Å². The van der Waals surface area contributed by atoms with E-state index in [1.165, 1.54) is 9.13 Å². The first kappa shape index (κ1) is 14.8. The van der Waals surface area contributed by atoms with E-state index in [1.807, 2.05) is 18.2 Å². The second kappa shape index (κ2) is 6.72. The second-order valence-electron chi connectivity index (χ2n) is 4.32. The molecule has 0 bridgehead atoms. The summed E-state index contributed by atoms with van der Waals surface area (Å²) < 4.78 is 7.50. The lowest BCUT2D eigenvalue weighted by Crippen LogP contribution is -2.14. The average Bonchev–Trinajstić information content (AvgIpc) is 2.42. The van der Waals surface area contributed by atoms with Gasteiger partial charge < -0.3 is 10.5 Å². The molecule has 100 valence electrons.